The van der Waals surface area contributed by atoms with Gasteiger partial charge >= 0.3 is 0 Å². The Morgan fingerprint density at radius 2 is 2.05 bits per heavy atom. The molecule has 2 fully saturated rings. The van der Waals surface area contributed by atoms with Crippen LogP contribution in [0.2, 0.25) is 0 Å². The van der Waals surface area contributed by atoms with E-state index in [4.69, 9.17) is 4.74 Å². The smallest absolute Gasteiger partial charge is 0.150 e. The summed E-state index contributed by atoms with van der Waals surface area (Å²) in [5.41, 5.74) is 1.18. The van der Waals surface area contributed by atoms with E-state index in [-0.39, 0.29) is 6.10 Å². The number of morpholine rings is 1. The van der Waals surface area contributed by atoms with Gasteiger partial charge in [-0.1, -0.05) is 28.1 Å². The average Bonchev–Trinajstić information content (AvgIpc) is 2.79. The van der Waals surface area contributed by atoms with E-state index in [9.17, 15) is 8.42 Å². The highest BCUT2D eigenvalue weighted by atomic mass is 79.9. The van der Waals surface area contributed by atoms with Crippen molar-refractivity contribution in [3.8, 4) is 0 Å². The minimum Gasteiger partial charge on any atom is -0.371 e. The first-order chi connectivity index (χ1) is 10.0. The summed E-state index contributed by atoms with van der Waals surface area (Å²) in [6.45, 7) is 3.32. The molecule has 0 amide bonds. The highest BCUT2D eigenvalue weighted by Gasteiger charge is 2.31. The Hall–Kier alpha value is -0.430. The van der Waals surface area contributed by atoms with Crippen molar-refractivity contribution in [2.24, 2.45) is 5.92 Å². The predicted molar refractivity (Wildman–Crippen MR) is 86.0 cm³/mol. The van der Waals surface area contributed by atoms with Crippen LogP contribution in [0.1, 0.15) is 18.1 Å². The lowest BCUT2D eigenvalue weighted by molar-refractivity contribution is -0.0335. The minimum absolute atomic E-state index is 0.0878. The summed E-state index contributed by atoms with van der Waals surface area (Å²) < 4.78 is 30.0. The zero-order chi connectivity index (χ0) is 14.9. The second-order valence-corrected chi connectivity index (χ2v) is 9.08. The lowest BCUT2D eigenvalue weighted by atomic mass is 10.1. The number of hydrogen-bond donors (Lipinski definition) is 0. The van der Waals surface area contributed by atoms with Gasteiger partial charge < -0.3 is 4.74 Å². The molecule has 1 aromatic carbocycles. The number of ether oxygens (including phenoxy) is 1. The summed E-state index contributed by atoms with van der Waals surface area (Å²) >= 11 is 3.44. The quantitative estimate of drug-likeness (QED) is 0.814. The van der Waals surface area contributed by atoms with Crippen molar-refractivity contribution in [1.29, 1.82) is 0 Å². The molecule has 4 nitrogen and oxygen atoms in total. The second kappa shape index (κ2) is 6.36. The summed E-state index contributed by atoms with van der Waals surface area (Å²) in [7, 11) is -2.78. The molecule has 0 aliphatic carbocycles. The van der Waals surface area contributed by atoms with Gasteiger partial charge in [0.1, 0.15) is 0 Å². The van der Waals surface area contributed by atoms with Crippen molar-refractivity contribution >= 4 is 25.8 Å². The van der Waals surface area contributed by atoms with Gasteiger partial charge in [-0.25, -0.2) is 8.42 Å². The Morgan fingerprint density at radius 3 is 2.71 bits per heavy atom. The first-order valence-corrected chi connectivity index (χ1v) is 9.93. The third-order valence-corrected chi connectivity index (χ3v) is 6.60. The number of nitrogens with zero attached hydrogens (tertiary/aromatic N) is 1. The number of sulfone groups is 1. The maximum absolute atomic E-state index is 11.6. The topological polar surface area (TPSA) is 46.6 Å². The van der Waals surface area contributed by atoms with Crippen molar-refractivity contribution in [2.45, 2.75) is 12.5 Å². The Bertz CT molecular complexity index is 587. The second-order valence-electron chi connectivity index (χ2n) is 5.94. The lowest BCUT2D eigenvalue weighted by Gasteiger charge is -2.34. The van der Waals surface area contributed by atoms with Gasteiger partial charge in [0.25, 0.3) is 0 Å². The fourth-order valence-electron chi connectivity index (χ4n) is 3.13. The molecule has 1 aromatic rings. The van der Waals surface area contributed by atoms with Gasteiger partial charge in [0, 0.05) is 24.1 Å². The van der Waals surface area contributed by atoms with E-state index in [2.05, 4.69) is 33.0 Å². The predicted octanol–water partition coefficient (Wildman–Crippen LogP) is 2.26. The van der Waals surface area contributed by atoms with E-state index < -0.39 is 9.84 Å². The van der Waals surface area contributed by atoms with Gasteiger partial charge in [0.15, 0.2) is 9.84 Å². The van der Waals surface area contributed by atoms with Gasteiger partial charge in [-0.3, -0.25) is 4.90 Å². The Morgan fingerprint density at radius 1 is 1.29 bits per heavy atom. The van der Waals surface area contributed by atoms with Gasteiger partial charge in [0.2, 0.25) is 0 Å². The van der Waals surface area contributed by atoms with Crippen LogP contribution >= 0.6 is 15.9 Å². The number of benzene rings is 1. The molecule has 2 aliphatic rings. The van der Waals surface area contributed by atoms with Crippen LogP contribution in [0.25, 0.3) is 0 Å². The number of halogens is 1. The SMILES string of the molecule is O=S1(=O)CCC(CN2CCOC(c3ccc(Br)cc3)C2)C1. The molecule has 21 heavy (non-hydrogen) atoms. The fourth-order valence-corrected chi connectivity index (χ4v) is 5.24. The van der Waals surface area contributed by atoms with Crippen molar-refractivity contribution in [1.82, 2.24) is 4.90 Å². The fraction of sp³-hybridized carbons (Fsp3) is 0.600. The minimum atomic E-state index is -2.78. The molecular formula is C15H20BrNO3S. The zero-order valence-electron chi connectivity index (χ0n) is 11.9. The molecule has 116 valence electrons. The van der Waals surface area contributed by atoms with Crippen LogP contribution in [0.4, 0.5) is 0 Å². The van der Waals surface area contributed by atoms with Crippen LogP contribution < -0.4 is 0 Å². The Kier molecular flexibility index (Phi) is 4.69. The molecule has 3 rings (SSSR count). The van der Waals surface area contributed by atoms with Crippen LogP contribution in [0.3, 0.4) is 0 Å². The molecule has 0 spiro atoms. The Labute approximate surface area is 134 Å². The molecule has 0 N–H and O–H groups in total. The normalized spacial score (nSPS) is 29.6. The van der Waals surface area contributed by atoms with Gasteiger partial charge in [0.05, 0.1) is 24.2 Å². The summed E-state index contributed by atoms with van der Waals surface area (Å²) in [5.74, 6) is 1.00. The molecular weight excluding hydrogens is 354 g/mol. The van der Waals surface area contributed by atoms with E-state index in [0.29, 0.717) is 24.0 Å². The van der Waals surface area contributed by atoms with Crippen molar-refractivity contribution < 1.29 is 13.2 Å². The van der Waals surface area contributed by atoms with Crippen LogP contribution in [0.5, 0.6) is 0 Å². The summed E-state index contributed by atoms with van der Waals surface area (Å²) in [6.07, 6.45) is 0.896. The van der Waals surface area contributed by atoms with E-state index in [1.807, 2.05) is 12.1 Å². The standard InChI is InChI=1S/C15H20BrNO3S/c16-14-3-1-13(2-4-14)15-10-17(6-7-20-15)9-12-5-8-21(18,19)11-12/h1-4,12,15H,5-11H2. The van der Waals surface area contributed by atoms with Crippen molar-refractivity contribution in [3.05, 3.63) is 34.3 Å². The maximum Gasteiger partial charge on any atom is 0.150 e. The zero-order valence-corrected chi connectivity index (χ0v) is 14.3. The highest BCUT2D eigenvalue weighted by Crippen LogP contribution is 2.26. The van der Waals surface area contributed by atoms with Crippen LogP contribution in [0.15, 0.2) is 28.7 Å². The number of hydrogen-bond acceptors (Lipinski definition) is 4. The van der Waals surface area contributed by atoms with Crippen LogP contribution in [-0.2, 0) is 14.6 Å². The molecule has 0 bridgehead atoms. The molecule has 2 atom stereocenters. The first-order valence-electron chi connectivity index (χ1n) is 7.32. The van der Waals surface area contributed by atoms with Gasteiger partial charge in [-0.05, 0) is 30.0 Å². The maximum atomic E-state index is 11.6. The van der Waals surface area contributed by atoms with E-state index in [1.165, 1.54) is 5.56 Å². The van der Waals surface area contributed by atoms with Gasteiger partial charge in [-0.15, -0.1) is 0 Å². The van der Waals surface area contributed by atoms with E-state index in [0.717, 1.165) is 30.5 Å². The first kappa shape index (κ1) is 15.5. The van der Waals surface area contributed by atoms with Crippen molar-refractivity contribution in [2.75, 3.05) is 37.7 Å². The molecule has 6 heteroatoms. The molecule has 0 aromatic heterocycles. The lowest BCUT2D eigenvalue weighted by Crippen LogP contribution is -2.41. The molecule has 0 saturated carbocycles. The molecule has 2 heterocycles. The van der Waals surface area contributed by atoms with Crippen LogP contribution in [-0.4, -0.2) is 51.1 Å². The average molecular weight is 374 g/mol. The highest BCUT2D eigenvalue weighted by molar-refractivity contribution is 9.10. The summed E-state index contributed by atoms with van der Waals surface area (Å²) in [6, 6.07) is 8.22. The summed E-state index contributed by atoms with van der Waals surface area (Å²) in [5, 5.41) is 0. The monoisotopic (exact) mass is 373 g/mol. The summed E-state index contributed by atoms with van der Waals surface area (Å²) in [4.78, 5) is 2.35. The largest absolute Gasteiger partial charge is 0.371 e. The molecule has 2 unspecified atom stereocenters. The third kappa shape index (κ3) is 4.06. The van der Waals surface area contributed by atoms with Crippen molar-refractivity contribution in [3.63, 3.8) is 0 Å². The molecule has 2 aliphatic heterocycles. The third-order valence-electron chi connectivity index (χ3n) is 4.24. The van der Waals surface area contributed by atoms with E-state index >= 15 is 0 Å². The molecule has 0 radical (unpaired) electrons. The Balaban J connectivity index is 1.59. The van der Waals surface area contributed by atoms with Gasteiger partial charge in [-0.2, -0.15) is 0 Å². The number of rotatable bonds is 3. The molecule has 2 saturated heterocycles. The van der Waals surface area contributed by atoms with E-state index in [1.54, 1.807) is 0 Å². The van der Waals surface area contributed by atoms with Crippen LogP contribution in [0, 0.1) is 5.92 Å².